The molecule has 0 aliphatic carbocycles. The molecule has 1 rings (SSSR count). The molecule has 0 aromatic carbocycles. The highest BCUT2D eigenvalue weighted by Crippen LogP contribution is 2.19. The van der Waals surface area contributed by atoms with Gasteiger partial charge in [0.05, 0.1) is 6.10 Å². The van der Waals surface area contributed by atoms with Crippen molar-refractivity contribution >= 4 is 6.09 Å². The summed E-state index contributed by atoms with van der Waals surface area (Å²) in [6, 6.07) is 0. The molecule has 1 aliphatic rings. The van der Waals surface area contributed by atoms with Crippen LogP contribution < -0.4 is 5.73 Å². The van der Waals surface area contributed by atoms with E-state index in [1.165, 1.54) is 0 Å². The smallest absolute Gasteiger partial charge is 0.410 e. The highest BCUT2D eigenvalue weighted by Gasteiger charge is 2.28. The minimum atomic E-state index is -0.477. The van der Waals surface area contributed by atoms with Gasteiger partial charge in [0, 0.05) is 13.1 Å². The summed E-state index contributed by atoms with van der Waals surface area (Å²) in [7, 11) is 0. The van der Waals surface area contributed by atoms with Crippen molar-refractivity contribution in [2.45, 2.75) is 45.3 Å². The van der Waals surface area contributed by atoms with Gasteiger partial charge in [-0.25, -0.2) is 4.79 Å². The number of aliphatic hydroxyl groups is 1. The topological polar surface area (TPSA) is 75.8 Å². The van der Waals surface area contributed by atoms with Gasteiger partial charge in [0.1, 0.15) is 5.60 Å². The van der Waals surface area contributed by atoms with Crippen LogP contribution in [0.5, 0.6) is 0 Å². The average Bonchev–Trinajstić information content (AvgIpc) is 2.37. The Morgan fingerprint density at radius 3 is 2.53 bits per heavy atom. The third kappa shape index (κ3) is 4.52. The van der Waals surface area contributed by atoms with Crippen molar-refractivity contribution in [2.75, 3.05) is 19.6 Å². The van der Waals surface area contributed by atoms with Crippen molar-refractivity contribution in [3.63, 3.8) is 0 Å². The first kappa shape index (κ1) is 14.3. The van der Waals surface area contributed by atoms with Crippen LogP contribution in [0.15, 0.2) is 0 Å². The summed E-state index contributed by atoms with van der Waals surface area (Å²) in [5.41, 5.74) is 5.11. The van der Waals surface area contributed by atoms with E-state index in [9.17, 15) is 9.90 Å². The van der Waals surface area contributed by atoms with Crippen LogP contribution >= 0.6 is 0 Å². The minimum absolute atomic E-state index is 0.0856. The number of nitrogens with zero attached hydrogens (tertiary/aromatic N) is 1. The van der Waals surface area contributed by atoms with E-state index in [2.05, 4.69) is 0 Å². The molecule has 1 aliphatic heterocycles. The van der Waals surface area contributed by atoms with E-state index in [1.54, 1.807) is 4.90 Å². The zero-order valence-electron chi connectivity index (χ0n) is 11.0. The predicted octanol–water partition coefficient (Wildman–Crippen LogP) is 0.953. The van der Waals surface area contributed by atoms with Gasteiger partial charge < -0.3 is 20.5 Å². The quantitative estimate of drug-likeness (QED) is 0.720. The second-order valence-electron chi connectivity index (χ2n) is 5.61. The summed E-state index contributed by atoms with van der Waals surface area (Å²) in [4.78, 5) is 13.5. The van der Waals surface area contributed by atoms with Gasteiger partial charge in [0.2, 0.25) is 0 Å². The van der Waals surface area contributed by atoms with Crippen molar-refractivity contribution in [1.29, 1.82) is 0 Å². The van der Waals surface area contributed by atoms with Crippen LogP contribution in [-0.4, -0.2) is 47.4 Å². The Morgan fingerprint density at radius 2 is 2.00 bits per heavy atom. The molecule has 5 nitrogen and oxygen atoms in total. The van der Waals surface area contributed by atoms with Crippen molar-refractivity contribution in [2.24, 2.45) is 11.7 Å². The molecule has 0 unspecified atom stereocenters. The third-order valence-corrected chi connectivity index (χ3v) is 2.96. The Balaban J connectivity index is 2.53. The number of ether oxygens (including phenoxy) is 1. The van der Waals surface area contributed by atoms with E-state index in [4.69, 9.17) is 10.5 Å². The summed E-state index contributed by atoms with van der Waals surface area (Å²) in [5, 5.41) is 9.82. The van der Waals surface area contributed by atoms with Crippen LogP contribution in [0, 0.1) is 5.92 Å². The summed E-state index contributed by atoms with van der Waals surface area (Å²) in [5.74, 6) is 0.0856. The largest absolute Gasteiger partial charge is 0.444 e. The zero-order valence-corrected chi connectivity index (χ0v) is 11.0. The number of nitrogens with two attached hydrogens (primary N) is 1. The van der Waals surface area contributed by atoms with Gasteiger partial charge in [0.25, 0.3) is 0 Å². The highest BCUT2D eigenvalue weighted by atomic mass is 16.6. The van der Waals surface area contributed by atoms with E-state index < -0.39 is 11.7 Å². The van der Waals surface area contributed by atoms with Crippen molar-refractivity contribution in [3.8, 4) is 0 Å². The van der Waals surface area contributed by atoms with Gasteiger partial charge in [-0.05, 0) is 46.1 Å². The van der Waals surface area contributed by atoms with E-state index in [0.29, 0.717) is 26.1 Å². The molecule has 5 heteroatoms. The Bertz CT molecular complexity index is 263. The van der Waals surface area contributed by atoms with E-state index in [-0.39, 0.29) is 12.0 Å². The molecular weight excluding hydrogens is 220 g/mol. The molecule has 0 saturated carbocycles. The van der Waals surface area contributed by atoms with E-state index in [0.717, 1.165) is 6.42 Å². The monoisotopic (exact) mass is 244 g/mol. The number of aliphatic hydroxyl groups excluding tert-OH is 1. The summed E-state index contributed by atoms with van der Waals surface area (Å²) < 4.78 is 5.31. The maximum absolute atomic E-state index is 11.9. The van der Waals surface area contributed by atoms with Crippen molar-refractivity contribution in [1.82, 2.24) is 4.90 Å². The summed E-state index contributed by atoms with van der Waals surface area (Å²) >= 11 is 0. The van der Waals surface area contributed by atoms with Gasteiger partial charge in [-0.2, -0.15) is 0 Å². The lowest BCUT2D eigenvalue weighted by atomic mass is 9.98. The number of carbonyl (C=O) groups is 1. The Hall–Kier alpha value is -0.810. The third-order valence-electron chi connectivity index (χ3n) is 2.96. The normalized spacial score (nSPS) is 26.5. The van der Waals surface area contributed by atoms with Crippen LogP contribution in [0.25, 0.3) is 0 Å². The Kier molecular flexibility index (Phi) is 4.77. The molecule has 3 N–H and O–H groups in total. The minimum Gasteiger partial charge on any atom is -0.444 e. The van der Waals surface area contributed by atoms with Gasteiger partial charge in [-0.15, -0.1) is 0 Å². The first-order chi connectivity index (χ1) is 7.83. The number of carbonyl (C=O) groups excluding carboxylic acids is 1. The zero-order chi connectivity index (χ0) is 13.1. The summed E-state index contributed by atoms with van der Waals surface area (Å²) in [6.07, 6.45) is 0.590. The number of likely N-dealkylation sites (tertiary alicyclic amines) is 1. The molecule has 0 spiro atoms. The number of amides is 1. The molecule has 0 bridgehead atoms. The molecule has 2 atom stereocenters. The average molecular weight is 244 g/mol. The van der Waals surface area contributed by atoms with Crippen LogP contribution in [0.4, 0.5) is 4.79 Å². The van der Waals surface area contributed by atoms with E-state index in [1.807, 2.05) is 20.8 Å². The van der Waals surface area contributed by atoms with Crippen molar-refractivity contribution < 1.29 is 14.6 Å². The van der Waals surface area contributed by atoms with Crippen LogP contribution in [0.2, 0.25) is 0 Å². The first-order valence-electron chi connectivity index (χ1n) is 6.19. The SMILES string of the molecule is CC(C)(C)OC(=O)N1CC[C@@H](CN)[C@H](O)CC1. The second-order valence-corrected chi connectivity index (χ2v) is 5.61. The highest BCUT2D eigenvalue weighted by molar-refractivity contribution is 5.68. The van der Waals surface area contributed by atoms with Gasteiger partial charge in [-0.3, -0.25) is 0 Å². The first-order valence-corrected chi connectivity index (χ1v) is 6.19. The van der Waals surface area contributed by atoms with Crippen LogP contribution in [-0.2, 0) is 4.74 Å². The molecule has 100 valence electrons. The molecular formula is C12H24N2O3. The number of hydrogen-bond acceptors (Lipinski definition) is 4. The fourth-order valence-electron chi connectivity index (χ4n) is 1.93. The molecule has 1 saturated heterocycles. The van der Waals surface area contributed by atoms with Gasteiger partial charge >= 0.3 is 6.09 Å². The molecule has 17 heavy (non-hydrogen) atoms. The fraction of sp³-hybridized carbons (Fsp3) is 0.917. The van der Waals surface area contributed by atoms with Gasteiger partial charge in [0.15, 0.2) is 0 Å². The maximum Gasteiger partial charge on any atom is 0.410 e. The fourth-order valence-corrected chi connectivity index (χ4v) is 1.93. The standard InChI is InChI=1S/C12H24N2O3/c1-12(2,3)17-11(16)14-6-4-9(8-13)10(15)5-7-14/h9-10,15H,4-8,13H2,1-3H3/t9-,10+/m0/s1. The lowest BCUT2D eigenvalue weighted by Gasteiger charge is -2.26. The second kappa shape index (κ2) is 5.69. The summed E-state index contributed by atoms with van der Waals surface area (Å²) in [6.45, 7) is 7.14. The molecule has 1 fully saturated rings. The molecule has 1 heterocycles. The van der Waals surface area contributed by atoms with E-state index >= 15 is 0 Å². The molecule has 0 aromatic rings. The Labute approximate surface area is 103 Å². The molecule has 1 amide bonds. The molecule has 0 aromatic heterocycles. The Morgan fingerprint density at radius 1 is 1.41 bits per heavy atom. The van der Waals surface area contributed by atoms with Crippen LogP contribution in [0.3, 0.4) is 0 Å². The lowest BCUT2D eigenvalue weighted by Crippen LogP contribution is -2.37. The van der Waals surface area contributed by atoms with Crippen LogP contribution in [0.1, 0.15) is 33.6 Å². The maximum atomic E-state index is 11.9. The van der Waals surface area contributed by atoms with Gasteiger partial charge in [-0.1, -0.05) is 0 Å². The predicted molar refractivity (Wildman–Crippen MR) is 65.6 cm³/mol. The lowest BCUT2D eigenvalue weighted by molar-refractivity contribution is 0.0251. The number of hydrogen-bond donors (Lipinski definition) is 2. The number of rotatable bonds is 1. The molecule has 0 radical (unpaired) electrons. The van der Waals surface area contributed by atoms with Crippen molar-refractivity contribution in [3.05, 3.63) is 0 Å².